The van der Waals surface area contributed by atoms with Crippen molar-refractivity contribution in [2.75, 3.05) is 13.7 Å². The van der Waals surface area contributed by atoms with Gasteiger partial charge in [-0.25, -0.2) is 0 Å². The highest BCUT2D eigenvalue weighted by Crippen LogP contribution is 2.38. The number of aryl methyl sites for hydroxylation is 1. The van der Waals surface area contributed by atoms with Gasteiger partial charge in [0.25, 0.3) is 5.56 Å². The summed E-state index contributed by atoms with van der Waals surface area (Å²) in [5.41, 5.74) is 4.97. The van der Waals surface area contributed by atoms with Crippen LogP contribution in [0.25, 0.3) is 11.1 Å². The van der Waals surface area contributed by atoms with E-state index in [0.717, 1.165) is 33.5 Å². The van der Waals surface area contributed by atoms with Crippen LogP contribution in [0, 0.1) is 0 Å². The molecule has 0 fully saturated rings. The second-order valence-electron chi connectivity index (χ2n) is 7.44. The number of halogens is 1. The number of fused-ring (bicyclic) bond motifs is 3. The number of rotatable bonds is 4. The fraction of sp³-hybridized carbons (Fsp3) is 0.208. The average Bonchev–Trinajstić information content (AvgIpc) is 2.88. The molecule has 1 amide bonds. The van der Waals surface area contributed by atoms with Crippen molar-refractivity contribution in [1.82, 2.24) is 9.88 Å². The molecule has 1 atom stereocenters. The van der Waals surface area contributed by atoms with Crippen molar-refractivity contribution in [3.63, 3.8) is 0 Å². The van der Waals surface area contributed by atoms with E-state index in [1.54, 1.807) is 24.8 Å². The number of hydrogen-bond acceptors (Lipinski definition) is 4. The molecule has 6 nitrogen and oxygen atoms in total. The molecule has 1 N–H and O–H groups in total. The molecule has 1 aromatic heterocycles. The molecule has 1 aliphatic rings. The zero-order valence-corrected chi connectivity index (χ0v) is 18.2. The van der Waals surface area contributed by atoms with Crippen LogP contribution >= 0.6 is 11.6 Å². The van der Waals surface area contributed by atoms with Crippen LogP contribution in [0.2, 0.25) is 5.02 Å². The van der Waals surface area contributed by atoms with Gasteiger partial charge in [-0.3, -0.25) is 14.6 Å². The molecule has 3 aromatic rings. The van der Waals surface area contributed by atoms with Gasteiger partial charge in [0.2, 0.25) is 5.91 Å². The van der Waals surface area contributed by atoms with Gasteiger partial charge in [-0.05, 0) is 41.5 Å². The quantitative estimate of drug-likeness (QED) is 0.678. The molecule has 4 rings (SSSR count). The lowest BCUT2D eigenvalue weighted by molar-refractivity contribution is -0.119. The van der Waals surface area contributed by atoms with E-state index in [2.05, 4.69) is 5.32 Å². The molecule has 0 spiro atoms. The Hall–Kier alpha value is -3.38. The summed E-state index contributed by atoms with van der Waals surface area (Å²) in [6.07, 6.45) is 1.82. The first-order chi connectivity index (χ1) is 14.9. The molecule has 0 saturated heterocycles. The maximum absolute atomic E-state index is 12.5. The van der Waals surface area contributed by atoms with E-state index in [1.807, 2.05) is 48.7 Å². The largest absolute Gasteiger partial charge is 0.497 e. The van der Waals surface area contributed by atoms with E-state index < -0.39 is 6.04 Å². The van der Waals surface area contributed by atoms with Crippen molar-refractivity contribution in [2.24, 2.45) is 12.0 Å². The number of nitrogens with zero attached hydrogens (tertiary/aromatic N) is 2. The molecular formula is C24H22ClN3O3. The van der Waals surface area contributed by atoms with E-state index in [9.17, 15) is 9.59 Å². The zero-order chi connectivity index (χ0) is 22.1. The number of carbonyl (C=O) groups is 1. The second kappa shape index (κ2) is 8.40. The molecule has 2 heterocycles. The summed E-state index contributed by atoms with van der Waals surface area (Å²) < 4.78 is 7.02. The molecule has 0 aliphatic carbocycles. The lowest BCUT2D eigenvalue weighted by Crippen LogP contribution is -2.27. The highest BCUT2D eigenvalue weighted by Gasteiger charge is 2.26. The Balaban J connectivity index is 2.02. The van der Waals surface area contributed by atoms with Crippen molar-refractivity contribution in [2.45, 2.75) is 13.0 Å². The number of aliphatic imine (C=N–C) groups is 1. The number of carbonyl (C=O) groups excluding carboxylic acids is 1. The molecule has 7 heteroatoms. The van der Waals surface area contributed by atoms with Gasteiger partial charge in [0.1, 0.15) is 5.75 Å². The number of amides is 1. The zero-order valence-electron chi connectivity index (χ0n) is 17.5. The van der Waals surface area contributed by atoms with Gasteiger partial charge >= 0.3 is 0 Å². The predicted molar refractivity (Wildman–Crippen MR) is 122 cm³/mol. The third-order valence-corrected chi connectivity index (χ3v) is 5.59. The molecule has 31 heavy (non-hydrogen) atoms. The van der Waals surface area contributed by atoms with Crippen molar-refractivity contribution in [1.29, 1.82) is 0 Å². The average molecular weight is 436 g/mol. The lowest BCUT2D eigenvalue weighted by Gasteiger charge is -2.16. The Bertz CT molecular complexity index is 1250. The summed E-state index contributed by atoms with van der Waals surface area (Å²) in [5.74, 6) is 0.546. The van der Waals surface area contributed by atoms with E-state index in [0.29, 0.717) is 10.8 Å². The maximum atomic E-state index is 12.5. The third-order valence-electron chi connectivity index (χ3n) is 5.34. The summed E-state index contributed by atoms with van der Waals surface area (Å²) >= 11 is 6.11. The molecule has 0 bridgehead atoms. The second-order valence-corrected chi connectivity index (χ2v) is 7.88. The Kier molecular flexibility index (Phi) is 5.65. The Labute approximate surface area is 185 Å². The first kappa shape index (κ1) is 20.9. The summed E-state index contributed by atoms with van der Waals surface area (Å²) in [4.78, 5) is 29.2. The number of ether oxygens (including phenoxy) is 1. The molecule has 1 unspecified atom stereocenters. The number of nitrogens with one attached hydrogen (secondary N) is 1. The van der Waals surface area contributed by atoms with Gasteiger partial charge in [-0.2, -0.15) is 0 Å². The SMILES string of the molecule is COc1ccc2c(c1)C(c1ccc(Cl)cc1)=NC(CNC(C)=O)c1cc(=O)n(C)cc1-2. The Morgan fingerprint density at radius 1 is 1.13 bits per heavy atom. The van der Waals surface area contributed by atoms with Crippen LogP contribution in [0.3, 0.4) is 0 Å². The predicted octanol–water partition coefficient (Wildman–Crippen LogP) is 3.74. The minimum Gasteiger partial charge on any atom is -0.497 e. The van der Waals surface area contributed by atoms with Crippen molar-refractivity contribution >= 4 is 23.2 Å². The van der Waals surface area contributed by atoms with Gasteiger partial charge < -0.3 is 14.6 Å². The lowest BCUT2D eigenvalue weighted by atomic mass is 9.92. The van der Waals surface area contributed by atoms with Crippen LogP contribution in [-0.4, -0.2) is 29.8 Å². The standard InChI is InChI=1S/C24H22ClN3O3/c1-14(29)26-12-22-19-11-23(30)28(2)13-21(19)18-9-8-17(31-3)10-20(18)24(27-22)15-4-6-16(25)7-5-15/h4-11,13,22H,12H2,1-3H3,(H,26,29). The fourth-order valence-electron chi connectivity index (χ4n) is 3.75. The van der Waals surface area contributed by atoms with Crippen molar-refractivity contribution in [3.05, 3.63) is 86.8 Å². The molecule has 1 aliphatic heterocycles. The Morgan fingerprint density at radius 3 is 2.55 bits per heavy atom. The molecular weight excluding hydrogens is 414 g/mol. The third kappa shape index (κ3) is 4.11. The fourth-order valence-corrected chi connectivity index (χ4v) is 3.88. The topological polar surface area (TPSA) is 72.7 Å². The summed E-state index contributed by atoms with van der Waals surface area (Å²) in [5, 5.41) is 3.48. The van der Waals surface area contributed by atoms with Gasteiger partial charge in [0.15, 0.2) is 0 Å². The van der Waals surface area contributed by atoms with E-state index in [-0.39, 0.29) is 18.0 Å². The van der Waals surface area contributed by atoms with Crippen LogP contribution in [0.15, 0.2) is 64.5 Å². The van der Waals surface area contributed by atoms with Gasteiger partial charge in [0.05, 0.1) is 18.9 Å². The van der Waals surface area contributed by atoms with E-state index >= 15 is 0 Å². The van der Waals surface area contributed by atoms with Crippen LogP contribution in [0.5, 0.6) is 5.75 Å². The highest BCUT2D eigenvalue weighted by atomic mass is 35.5. The summed E-state index contributed by atoms with van der Waals surface area (Å²) in [6.45, 7) is 1.74. The summed E-state index contributed by atoms with van der Waals surface area (Å²) in [7, 11) is 3.34. The van der Waals surface area contributed by atoms with Crippen LogP contribution in [0.1, 0.15) is 29.7 Å². The normalized spacial score (nSPS) is 14.7. The molecule has 0 radical (unpaired) electrons. The Morgan fingerprint density at radius 2 is 1.87 bits per heavy atom. The number of methoxy groups -OCH3 is 1. The van der Waals surface area contributed by atoms with Gasteiger partial charge in [-0.15, -0.1) is 0 Å². The molecule has 0 saturated carbocycles. The van der Waals surface area contributed by atoms with Gasteiger partial charge in [0, 0.05) is 54.5 Å². The van der Waals surface area contributed by atoms with Gasteiger partial charge in [-0.1, -0.05) is 23.7 Å². The summed E-state index contributed by atoms with van der Waals surface area (Å²) in [6, 6.07) is 14.4. The maximum Gasteiger partial charge on any atom is 0.250 e. The van der Waals surface area contributed by atoms with Crippen LogP contribution < -0.4 is 15.6 Å². The first-order valence-electron chi connectivity index (χ1n) is 9.85. The monoisotopic (exact) mass is 435 g/mol. The van der Waals surface area contributed by atoms with Crippen LogP contribution in [-0.2, 0) is 11.8 Å². The number of benzene rings is 2. The van der Waals surface area contributed by atoms with E-state index in [4.69, 9.17) is 21.3 Å². The van der Waals surface area contributed by atoms with E-state index in [1.165, 1.54) is 6.92 Å². The first-order valence-corrected chi connectivity index (χ1v) is 10.2. The number of pyridine rings is 1. The smallest absolute Gasteiger partial charge is 0.250 e. The van der Waals surface area contributed by atoms with Crippen molar-refractivity contribution in [3.8, 4) is 16.9 Å². The molecule has 158 valence electrons. The highest BCUT2D eigenvalue weighted by molar-refractivity contribution is 6.30. The number of aromatic nitrogens is 1. The van der Waals surface area contributed by atoms with Crippen LogP contribution in [0.4, 0.5) is 0 Å². The minimum atomic E-state index is -0.433. The number of hydrogen-bond donors (Lipinski definition) is 1. The molecule has 2 aromatic carbocycles. The minimum absolute atomic E-state index is 0.133. The van der Waals surface area contributed by atoms with Crippen molar-refractivity contribution < 1.29 is 9.53 Å².